The number of halogens is 1. The smallest absolute Gasteiger partial charge is 0.136 e. The monoisotopic (exact) mass is 270 g/mol. The van der Waals surface area contributed by atoms with Gasteiger partial charge in [-0.2, -0.15) is 0 Å². The van der Waals surface area contributed by atoms with Crippen molar-refractivity contribution in [3.05, 3.63) is 27.7 Å². The first kappa shape index (κ1) is 12.6. The molecule has 0 radical (unpaired) electrons. The molecule has 1 nitrogen and oxygen atoms in total. The van der Waals surface area contributed by atoms with Gasteiger partial charge >= 0.3 is 0 Å². The standard InChI is InChI=1S/C13H19BrO/c1-6-9-7-10(13(2,3)4)12(15-5)11(14)8-9/h7-8H,6H2,1-5H3. The second-order valence-electron chi connectivity index (χ2n) is 4.76. The van der Waals surface area contributed by atoms with Crippen molar-refractivity contribution >= 4 is 15.9 Å². The molecule has 0 atom stereocenters. The fourth-order valence-corrected chi connectivity index (χ4v) is 2.29. The molecule has 1 aromatic rings. The SMILES string of the molecule is CCc1cc(Br)c(OC)c(C(C)(C)C)c1. The summed E-state index contributed by atoms with van der Waals surface area (Å²) in [6.07, 6.45) is 1.05. The molecule has 0 amide bonds. The predicted molar refractivity (Wildman–Crippen MR) is 68.8 cm³/mol. The van der Waals surface area contributed by atoms with Gasteiger partial charge in [0, 0.05) is 5.56 Å². The van der Waals surface area contributed by atoms with Gasteiger partial charge in [-0.25, -0.2) is 0 Å². The minimum absolute atomic E-state index is 0.110. The molecule has 0 fully saturated rings. The lowest BCUT2D eigenvalue weighted by molar-refractivity contribution is 0.394. The highest BCUT2D eigenvalue weighted by molar-refractivity contribution is 9.10. The zero-order chi connectivity index (χ0) is 11.6. The van der Waals surface area contributed by atoms with E-state index in [0.29, 0.717) is 0 Å². The molecule has 0 saturated heterocycles. The summed E-state index contributed by atoms with van der Waals surface area (Å²) >= 11 is 3.57. The third-order valence-electron chi connectivity index (χ3n) is 2.52. The van der Waals surface area contributed by atoms with Crippen molar-refractivity contribution in [2.45, 2.75) is 39.5 Å². The molecule has 0 bridgehead atoms. The largest absolute Gasteiger partial charge is 0.495 e. The molecule has 1 aromatic carbocycles. The normalized spacial score (nSPS) is 11.6. The van der Waals surface area contributed by atoms with E-state index >= 15 is 0 Å². The van der Waals surface area contributed by atoms with Crippen molar-refractivity contribution in [3.63, 3.8) is 0 Å². The zero-order valence-electron chi connectivity index (χ0n) is 10.1. The number of aryl methyl sites for hydroxylation is 1. The van der Waals surface area contributed by atoms with Gasteiger partial charge in [0.05, 0.1) is 11.6 Å². The lowest BCUT2D eigenvalue weighted by Crippen LogP contribution is -2.13. The Bertz CT molecular complexity index is 350. The summed E-state index contributed by atoms with van der Waals surface area (Å²) in [7, 11) is 1.72. The Morgan fingerprint density at radius 1 is 1.27 bits per heavy atom. The minimum Gasteiger partial charge on any atom is -0.495 e. The highest BCUT2D eigenvalue weighted by atomic mass is 79.9. The van der Waals surface area contributed by atoms with Crippen LogP contribution in [-0.4, -0.2) is 7.11 Å². The molecule has 0 spiro atoms. The van der Waals surface area contributed by atoms with Crippen LogP contribution in [0.25, 0.3) is 0 Å². The summed E-state index contributed by atoms with van der Waals surface area (Å²) in [5, 5.41) is 0. The van der Waals surface area contributed by atoms with Gasteiger partial charge < -0.3 is 4.74 Å². The van der Waals surface area contributed by atoms with E-state index < -0.39 is 0 Å². The van der Waals surface area contributed by atoms with Crippen LogP contribution in [0.15, 0.2) is 16.6 Å². The molecule has 84 valence electrons. The van der Waals surface area contributed by atoms with Crippen molar-refractivity contribution in [2.75, 3.05) is 7.11 Å². The first-order valence-corrected chi connectivity index (χ1v) is 6.06. The van der Waals surface area contributed by atoms with Crippen molar-refractivity contribution in [3.8, 4) is 5.75 Å². The number of hydrogen-bond donors (Lipinski definition) is 0. The molecular weight excluding hydrogens is 252 g/mol. The summed E-state index contributed by atoms with van der Waals surface area (Å²) in [5.41, 5.74) is 2.71. The molecule has 0 heterocycles. The summed E-state index contributed by atoms with van der Waals surface area (Å²) in [6, 6.07) is 4.37. The van der Waals surface area contributed by atoms with Crippen LogP contribution in [0.1, 0.15) is 38.8 Å². The Kier molecular flexibility index (Phi) is 3.82. The second-order valence-corrected chi connectivity index (χ2v) is 5.62. The minimum atomic E-state index is 0.110. The first-order valence-electron chi connectivity index (χ1n) is 5.27. The van der Waals surface area contributed by atoms with Gasteiger partial charge in [-0.15, -0.1) is 0 Å². The molecule has 0 aromatic heterocycles. The van der Waals surface area contributed by atoms with Crippen molar-refractivity contribution < 1.29 is 4.74 Å². The number of hydrogen-bond acceptors (Lipinski definition) is 1. The maximum Gasteiger partial charge on any atom is 0.136 e. The van der Waals surface area contributed by atoms with Gasteiger partial charge in [-0.1, -0.05) is 33.8 Å². The van der Waals surface area contributed by atoms with E-state index in [9.17, 15) is 0 Å². The van der Waals surface area contributed by atoms with E-state index in [0.717, 1.165) is 16.6 Å². The van der Waals surface area contributed by atoms with Crippen LogP contribution in [-0.2, 0) is 11.8 Å². The number of benzene rings is 1. The molecule has 0 N–H and O–H groups in total. The Morgan fingerprint density at radius 2 is 1.87 bits per heavy atom. The predicted octanol–water partition coefficient (Wildman–Crippen LogP) is 4.32. The Balaban J connectivity index is 3.39. The lowest BCUT2D eigenvalue weighted by Gasteiger charge is -2.23. The maximum absolute atomic E-state index is 5.46. The highest BCUT2D eigenvalue weighted by Crippen LogP contribution is 2.37. The lowest BCUT2D eigenvalue weighted by atomic mass is 9.85. The van der Waals surface area contributed by atoms with Crippen molar-refractivity contribution in [1.82, 2.24) is 0 Å². The number of methoxy groups -OCH3 is 1. The van der Waals surface area contributed by atoms with Gasteiger partial charge in [0.2, 0.25) is 0 Å². The molecule has 0 aliphatic rings. The van der Waals surface area contributed by atoms with E-state index in [1.54, 1.807) is 7.11 Å². The summed E-state index contributed by atoms with van der Waals surface area (Å²) in [4.78, 5) is 0. The van der Waals surface area contributed by atoms with Crippen LogP contribution in [0.3, 0.4) is 0 Å². The molecule has 0 saturated carbocycles. The molecule has 0 aliphatic heterocycles. The topological polar surface area (TPSA) is 9.23 Å². The average Bonchev–Trinajstić information content (AvgIpc) is 2.15. The molecule has 15 heavy (non-hydrogen) atoms. The third-order valence-corrected chi connectivity index (χ3v) is 3.11. The van der Waals surface area contributed by atoms with Gasteiger partial charge in [-0.3, -0.25) is 0 Å². The van der Waals surface area contributed by atoms with E-state index in [4.69, 9.17) is 4.74 Å². The number of ether oxygens (including phenoxy) is 1. The summed E-state index contributed by atoms with van der Waals surface area (Å²) in [5.74, 6) is 0.958. The Hall–Kier alpha value is -0.500. The van der Waals surface area contributed by atoms with Crippen LogP contribution in [0, 0.1) is 0 Å². The van der Waals surface area contributed by atoms with Gasteiger partial charge in [-0.05, 0) is 39.4 Å². The van der Waals surface area contributed by atoms with Crippen molar-refractivity contribution in [1.29, 1.82) is 0 Å². The van der Waals surface area contributed by atoms with Crippen LogP contribution in [0.2, 0.25) is 0 Å². The highest BCUT2D eigenvalue weighted by Gasteiger charge is 2.21. The maximum atomic E-state index is 5.46. The molecule has 0 unspecified atom stereocenters. The molecule has 1 rings (SSSR count). The third kappa shape index (κ3) is 2.75. The summed E-state index contributed by atoms with van der Waals surface area (Å²) in [6.45, 7) is 8.78. The van der Waals surface area contributed by atoms with Gasteiger partial charge in [0.25, 0.3) is 0 Å². The molecule has 2 heteroatoms. The average molecular weight is 271 g/mol. The summed E-state index contributed by atoms with van der Waals surface area (Å²) < 4.78 is 6.51. The van der Waals surface area contributed by atoms with E-state index in [-0.39, 0.29) is 5.41 Å². The van der Waals surface area contributed by atoms with E-state index in [1.807, 2.05) is 0 Å². The Labute approximate surface area is 101 Å². The molecule has 0 aliphatic carbocycles. The zero-order valence-corrected chi connectivity index (χ0v) is 11.7. The number of rotatable bonds is 2. The van der Waals surface area contributed by atoms with E-state index in [1.165, 1.54) is 11.1 Å². The fourth-order valence-electron chi connectivity index (χ4n) is 1.62. The second kappa shape index (κ2) is 4.56. The van der Waals surface area contributed by atoms with Crippen LogP contribution >= 0.6 is 15.9 Å². The van der Waals surface area contributed by atoms with Crippen LogP contribution in [0.4, 0.5) is 0 Å². The van der Waals surface area contributed by atoms with Crippen molar-refractivity contribution in [2.24, 2.45) is 0 Å². The van der Waals surface area contributed by atoms with E-state index in [2.05, 4.69) is 55.8 Å². The quantitative estimate of drug-likeness (QED) is 0.778. The van der Waals surface area contributed by atoms with Gasteiger partial charge in [0.15, 0.2) is 0 Å². The fraction of sp³-hybridized carbons (Fsp3) is 0.538. The van der Waals surface area contributed by atoms with Gasteiger partial charge in [0.1, 0.15) is 5.75 Å². The first-order chi connectivity index (χ1) is 6.90. The molecular formula is C13H19BrO. The van der Waals surface area contributed by atoms with Crippen LogP contribution in [0.5, 0.6) is 5.75 Å². The van der Waals surface area contributed by atoms with Crippen LogP contribution < -0.4 is 4.74 Å². The Morgan fingerprint density at radius 3 is 2.27 bits per heavy atom.